The Balaban J connectivity index is 5.11. The predicted molar refractivity (Wildman–Crippen MR) is 354 cm³/mol. The van der Waals surface area contributed by atoms with Crippen LogP contribution in [0.3, 0.4) is 0 Å². The predicted octanol–water partition coefficient (Wildman–Crippen LogP) is 19.7. The van der Waals surface area contributed by atoms with Gasteiger partial charge in [0.2, 0.25) is 0 Å². The Morgan fingerprint density at radius 3 is 0.773 bits per heavy atom. The number of hydrogen-bond acceptors (Lipinski definition) is 15. The molecule has 0 aromatic rings. The van der Waals surface area contributed by atoms with Crippen LogP contribution < -0.4 is 0 Å². The van der Waals surface area contributed by atoms with Crippen LogP contribution in [0.4, 0.5) is 0 Å². The first-order valence-electron chi connectivity index (χ1n) is 36.1. The highest BCUT2D eigenvalue weighted by atomic mass is 31.2. The first-order valence-corrected chi connectivity index (χ1v) is 39.1. The molecule has 0 aliphatic heterocycles. The van der Waals surface area contributed by atoms with Gasteiger partial charge in [-0.2, -0.15) is 0 Å². The van der Waals surface area contributed by atoms with E-state index in [1.165, 1.54) is 173 Å². The summed E-state index contributed by atoms with van der Waals surface area (Å²) in [6.07, 6.45) is 49.1. The van der Waals surface area contributed by atoms with E-state index < -0.39 is 97.5 Å². The van der Waals surface area contributed by atoms with E-state index in [2.05, 4.69) is 34.6 Å². The van der Waals surface area contributed by atoms with E-state index in [0.717, 1.165) is 102 Å². The second-order valence-electron chi connectivity index (χ2n) is 25.4. The molecule has 0 aliphatic carbocycles. The fraction of sp³-hybridized carbons (Fsp3) is 0.942. The molecule has 88 heavy (non-hydrogen) atoms. The van der Waals surface area contributed by atoms with Crippen molar-refractivity contribution in [1.29, 1.82) is 0 Å². The number of carbonyl (C=O) groups is 4. The van der Waals surface area contributed by atoms with Crippen molar-refractivity contribution in [2.24, 2.45) is 5.92 Å². The highest BCUT2D eigenvalue weighted by Gasteiger charge is 2.30. The SMILES string of the molecule is CCCCCCCCCCCCCCCCCCCCCCC(=O)O[C@H](COC(=O)CCCCCCCCCCCCCC)COP(=O)(O)OC[C@@H](O)COP(=O)(O)OC[C@@H](COC(=O)CCCCCCC)OC(=O)CCCCCCCCCCC(C)C. The standard InChI is InChI=1S/C69H134O17P2/c1-6-9-12-15-17-19-21-23-24-25-26-27-28-29-30-32-34-39-44-49-54-68(73)86-65(59-80-67(72)53-48-43-38-33-31-22-20-18-16-13-10-7-2)61-84-88(77,78)82-57-63(70)56-81-87(75,76)83-60-64(58-79-66(71)52-47-41-14-11-8-3)85-69(74)55-50-45-40-36-35-37-42-46-51-62(4)5/h62-65,70H,6-61H2,1-5H3,(H,75,76)(H,77,78)/t63-,64+,65+/m0/s1. The third-order valence-electron chi connectivity index (χ3n) is 16.0. The van der Waals surface area contributed by atoms with Crippen molar-refractivity contribution >= 4 is 39.5 Å². The number of hydrogen-bond donors (Lipinski definition) is 3. The average Bonchev–Trinajstić information content (AvgIpc) is 3.60. The lowest BCUT2D eigenvalue weighted by Gasteiger charge is -2.21. The molecule has 0 bridgehead atoms. The van der Waals surface area contributed by atoms with Crippen LogP contribution in [0, 0.1) is 5.92 Å². The maximum absolute atomic E-state index is 13.0. The van der Waals surface area contributed by atoms with Crippen LogP contribution in [0.25, 0.3) is 0 Å². The van der Waals surface area contributed by atoms with Gasteiger partial charge in [0.1, 0.15) is 19.3 Å². The zero-order valence-electron chi connectivity index (χ0n) is 56.9. The second kappa shape index (κ2) is 62.5. The summed E-state index contributed by atoms with van der Waals surface area (Å²) in [6, 6.07) is 0. The second-order valence-corrected chi connectivity index (χ2v) is 28.3. The fourth-order valence-corrected chi connectivity index (χ4v) is 12.0. The van der Waals surface area contributed by atoms with E-state index >= 15 is 0 Å². The maximum Gasteiger partial charge on any atom is 0.472 e. The first kappa shape index (κ1) is 86.1. The molecular weight excluding hydrogens is 1160 g/mol. The van der Waals surface area contributed by atoms with Crippen LogP contribution in [-0.2, 0) is 65.4 Å². The zero-order valence-corrected chi connectivity index (χ0v) is 58.6. The molecule has 0 rings (SSSR count). The summed E-state index contributed by atoms with van der Waals surface area (Å²) < 4.78 is 68.0. The molecule has 5 atom stereocenters. The molecule has 0 amide bonds. The highest BCUT2D eigenvalue weighted by molar-refractivity contribution is 7.47. The average molecular weight is 1300 g/mol. The summed E-state index contributed by atoms with van der Waals surface area (Å²) in [6.45, 7) is 7.10. The van der Waals surface area contributed by atoms with Gasteiger partial charge >= 0.3 is 39.5 Å². The van der Waals surface area contributed by atoms with Crippen molar-refractivity contribution in [3.8, 4) is 0 Å². The number of ether oxygens (including phenoxy) is 4. The number of rotatable bonds is 69. The van der Waals surface area contributed by atoms with E-state index in [1.54, 1.807) is 0 Å². The van der Waals surface area contributed by atoms with E-state index in [1.807, 2.05) is 0 Å². The van der Waals surface area contributed by atoms with Gasteiger partial charge in [-0.05, 0) is 31.6 Å². The smallest absolute Gasteiger partial charge is 0.462 e. The summed E-state index contributed by atoms with van der Waals surface area (Å²) in [7, 11) is -9.89. The number of esters is 4. The number of aliphatic hydroxyl groups is 1. The minimum atomic E-state index is -4.95. The van der Waals surface area contributed by atoms with Crippen LogP contribution in [-0.4, -0.2) is 96.7 Å². The molecule has 0 heterocycles. The zero-order chi connectivity index (χ0) is 64.9. The molecule has 0 fully saturated rings. The molecule has 522 valence electrons. The third-order valence-corrected chi connectivity index (χ3v) is 17.9. The van der Waals surface area contributed by atoms with Gasteiger partial charge < -0.3 is 33.8 Å². The minimum absolute atomic E-state index is 0.104. The Kier molecular flexibility index (Phi) is 61.1. The molecule has 3 N–H and O–H groups in total. The van der Waals surface area contributed by atoms with E-state index in [4.69, 9.17) is 37.0 Å². The van der Waals surface area contributed by atoms with Gasteiger partial charge in [-0.3, -0.25) is 37.3 Å². The van der Waals surface area contributed by atoms with Gasteiger partial charge in [0, 0.05) is 25.7 Å². The molecule has 0 spiro atoms. The molecule has 0 aromatic carbocycles. The lowest BCUT2D eigenvalue weighted by Crippen LogP contribution is -2.30. The van der Waals surface area contributed by atoms with Gasteiger partial charge in [0.25, 0.3) is 0 Å². The molecule has 0 aromatic heterocycles. The topological polar surface area (TPSA) is 237 Å². The largest absolute Gasteiger partial charge is 0.472 e. The van der Waals surface area contributed by atoms with Crippen molar-refractivity contribution in [3.63, 3.8) is 0 Å². The lowest BCUT2D eigenvalue weighted by atomic mass is 10.0. The molecule has 19 heteroatoms. The van der Waals surface area contributed by atoms with E-state index in [0.29, 0.717) is 25.7 Å². The van der Waals surface area contributed by atoms with Crippen molar-refractivity contribution < 1.29 is 80.2 Å². The van der Waals surface area contributed by atoms with Crippen molar-refractivity contribution in [3.05, 3.63) is 0 Å². The molecule has 17 nitrogen and oxygen atoms in total. The highest BCUT2D eigenvalue weighted by Crippen LogP contribution is 2.45. The first-order chi connectivity index (χ1) is 42.5. The molecular formula is C69H134O17P2. The lowest BCUT2D eigenvalue weighted by molar-refractivity contribution is -0.161. The Morgan fingerprint density at radius 2 is 0.523 bits per heavy atom. The number of phosphoric ester groups is 2. The summed E-state index contributed by atoms with van der Waals surface area (Å²) in [5.74, 6) is -1.42. The molecule has 0 radical (unpaired) electrons. The Hall–Kier alpha value is -1.94. The molecule has 2 unspecified atom stereocenters. The van der Waals surface area contributed by atoms with E-state index in [-0.39, 0.29) is 25.7 Å². The van der Waals surface area contributed by atoms with Gasteiger partial charge in [0.05, 0.1) is 26.4 Å². The third kappa shape index (κ3) is 62.8. The molecule has 0 aliphatic rings. The Labute approximate surface area is 537 Å². The van der Waals surface area contributed by atoms with Gasteiger partial charge in [-0.15, -0.1) is 0 Å². The number of phosphoric acid groups is 2. The Bertz CT molecular complexity index is 1700. The van der Waals surface area contributed by atoms with Gasteiger partial charge in [0.15, 0.2) is 12.2 Å². The summed E-state index contributed by atoms with van der Waals surface area (Å²) in [5.41, 5.74) is 0. The van der Waals surface area contributed by atoms with Crippen LogP contribution in [0.2, 0.25) is 0 Å². The number of carbonyl (C=O) groups excluding carboxylic acids is 4. The number of aliphatic hydroxyl groups excluding tert-OH is 1. The van der Waals surface area contributed by atoms with Crippen LogP contribution in [0.15, 0.2) is 0 Å². The van der Waals surface area contributed by atoms with Gasteiger partial charge in [-0.1, -0.05) is 304 Å². The normalized spacial score (nSPS) is 14.1. The van der Waals surface area contributed by atoms with Crippen LogP contribution >= 0.6 is 15.6 Å². The maximum atomic E-state index is 13.0. The Morgan fingerprint density at radius 1 is 0.307 bits per heavy atom. The van der Waals surface area contributed by atoms with Crippen molar-refractivity contribution in [1.82, 2.24) is 0 Å². The summed E-state index contributed by atoms with van der Waals surface area (Å²) in [4.78, 5) is 72.2. The van der Waals surface area contributed by atoms with Crippen LogP contribution in [0.5, 0.6) is 0 Å². The summed E-state index contributed by atoms with van der Waals surface area (Å²) >= 11 is 0. The quantitative estimate of drug-likeness (QED) is 0.0222. The fourth-order valence-electron chi connectivity index (χ4n) is 10.5. The monoisotopic (exact) mass is 1300 g/mol. The minimum Gasteiger partial charge on any atom is -0.462 e. The van der Waals surface area contributed by atoms with Crippen LogP contribution in [0.1, 0.15) is 356 Å². The molecule has 0 saturated heterocycles. The molecule has 0 saturated carbocycles. The number of unbranched alkanes of at least 4 members (excludes halogenated alkanes) is 41. The van der Waals surface area contributed by atoms with Gasteiger partial charge in [-0.25, -0.2) is 9.13 Å². The van der Waals surface area contributed by atoms with Crippen molar-refractivity contribution in [2.75, 3.05) is 39.6 Å². The van der Waals surface area contributed by atoms with Crippen molar-refractivity contribution in [2.45, 2.75) is 374 Å². The van der Waals surface area contributed by atoms with E-state index in [9.17, 15) is 43.2 Å². The summed E-state index contributed by atoms with van der Waals surface area (Å²) in [5, 5.41) is 10.5.